The molecule has 0 atom stereocenters. The summed E-state index contributed by atoms with van der Waals surface area (Å²) in [5.41, 5.74) is 2.01. The Balaban J connectivity index is 1.61. The van der Waals surface area contributed by atoms with Crippen LogP contribution in [0.4, 0.5) is 0 Å². The third kappa shape index (κ3) is 3.70. The third-order valence-electron chi connectivity index (χ3n) is 5.64. The highest BCUT2D eigenvalue weighted by atomic mass is 32.1. The summed E-state index contributed by atoms with van der Waals surface area (Å²) >= 11 is 1.63. The quantitative estimate of drug-likeness (QED) is 0.555. The Morgan fingerprint density at radius 2 is 1.68 bits per heavy atom. The molecule has 0 spiro atoms. The standard InChI is InChI=1S/C22H27N3O2S/c1-2-13-24-17(15-28-22(24)23-16-9-5-3-4-6-10-16)14-25-20(26)18-11-7-8-12-19(18)21(25)27/h7-8,11-12,15-16H,2-6,9-10,13-14H2,1H3. The van der Waals surface area contributed by atoms with Crippen LogP contribution in [0.5, 0.6) is 0 Å². The van der Waals surface area contributed by atoms with Crippen LogP contribution in [0, 0.1) is 0 Å². The lowest BCUT2D eigenvalue weighted by atomic mass is 10.1. The zero-order valence-electron chi connectivity index (χ0n) is 16.4. The summed E-state index contributed by atoms with van der Waals surface area (Å²) in [5.74, 6) is -0.394. The first-order valence-electron chi connectivity index (χ1n) is 10.3. The Bertz CT molecular complexity index is 900. The summed E-state index contributed by atoms with van der Waals surface area (Å²) in [6.45, 7) is 3.31. The second-order valence-electron chi connectivity index (χ2n) is 7.68. The second kappa shape index (κ2) is 8.43. The molecule has 5 nitrogen and oxygen atoms in total. The number of rotatable bonds is 5. The van der Waals surface area contributed by atoms with Crippen molar-refractivity contribution in [1.29, 1.82) is 0 Å². The van der Waals surface area contributed by atoms with Crippen LogP contribution in [-0.2, 0) is 13.1 Å². The minimum atomic E-state index is -0.197. The summed E-state index contributed by atoms with van der Waals surface area (Å²) in [5, 5.41) is 2.06. The van der Waals surface area contributed by atoms with Crippen molar-refractivity contribution in [3.05, 3.63) is 51.3 Å². The molecule has 1 saturated carbocycles. The zero-order chi connectivity index (χ0) is 19.5. The summed E-state index contributed by atoms with van der Waals surface area (Å²) in [6, 6.07) is 7.47. The average molecular weight is 398 g/mol. The fourth-order valence-corrected chi connectivity index (χ4v) is 5.13. The number of aromatic nitrogens is 1. The van der Waals surface area contributed by atoms with Gasteiger partial charge in [-0.05, 0) is 31.4 Å². The van der Waals surface area contributed by atoms with E-state index in [9.17, 15) is 9.59 Å². The molecule has 2 aromatic rings. The molecule has 2 aliphatic rings. The molecule has 1 aromatic carbocycles. The van der Waals surface area contributed by atoms with E-state index in [-0.39, 0.29) is 11.8 Å². The van der Waals surface area contributed by atoms with Gasteiger partial charge in [0.15, 0.2) is 4.80 Å². The molecule has 0 unspecified atom stereocenters. The number of benzene rings is 1. The van der Waals surface area contributed by atoms with Crippen molar-refractivity contribution in [3.8, 4) is 0 Å². The van der Waals surface area contributed by atoms with Gasteiger partial charge in [0.25, 0.3) is 11.8 Å². The van der Waals surface area contributed by atoms with Gasteiger partial charge in [0.1, 0.15) is 0 Å². The lowest BCUT2D eigenvalue weighted by Gasteiger charge is -2.16. The van der Waals surface area contributed by atoms with Crippen molar-refractivity contribution in [2.75, 3.05) is 0 Å². The summed E-state index contributed by atoms with van der Waals surface area (Å²) in [4.78, 5) is 32.9. The maximum absolute atomic E-state index is 12.7. The Morgan fingerprint density at radius 1 is 1.04 bits per heavy atom. The average Bonchev–Trinajstić information content (AvgIpc) is 3.04. The van der Waals surface area contributed by atoms with Gasteiger partial charge >= 0.3 is 0 Å². The minimum absolute atomic E-state index is 0.197. The number of nitrogens with zero attached hydrogens (tertiary/aromatic N) is 3. The second-order valence-corrected chi connectivity index (χ2v) is 8.51. The number of fused-ring (bicyclic) bond motifs is 1. The molecule has 148 valence electrons. The van der Waals surface area contributed by atoms with E-state index in [4.69, 9.17) is 4.99 Å². The smallest absolute Gasteiger partial charge is 0.261 e. The van der Waals surface area contributed by atoms with Crippen LogP contribution in [-0.4, -0.2) is 27.3 Å². The molecule has 0 bridgehead atoms. The summed E-state index contributed by atoms with van der Waals surface area (Å²) in [7, 11) is 0. The zero-order valence-corrected chi connectivity index (χ0v) is 17.2. The van der Waals surface area contributed by atoms with Crippen LogP contribution < -0.4 is 4.80 Å². The molecule has 1 aliphatic carbocycles. The molecule has 2 amide bonds. The van der Waals surface area contributed by atoms with E-state index >= 15 is 0 Å². The van der Waals surface area contributed by atoms with Gasteiger partial charge in [-0.3, -0.25) is 19.5 Å². The molecule has 1 fully saturated rings. The molecule has 4 rings (SSSR count). The third-order valence-corrected chi connectivity index (χ3v) is 6.57. The molecule has 1 aromatic heterocycles. The maximum atomic E-state index is 12.7. The van der Waals surface area contributed by atoms with Crippen LogP contribution >= 0.6 is 11.3 Å². The van der Waals surface area contributed by atoms with Gasteiger partial charge in [-0.25, -0.2) is 0 Å². The largest absolute Gasteiger partial charge is 0.319 e. The number of hydrogen-bond acceptors (Lipinski definition) is 4. The van der Waals surface area contributed by atoms with Gasteiger partial charge in [-0.15, -0.1) is 11.3 Å². The van der Waals surface area contributed by atoms with E-state index in [1.165, 1.54) is 30.6 Å². The summed E-state index contributed by atoms with van der Waals surface area (Å²) < 4.78 is 2.21. The minimum Gasteiger partial charge on any atom is -0.319 e. The molecule has 0 N–H and O–H groups in total. The van der Waals surface area contributed by atoms with Gasteiger partial charge in [0.05, 0.1) is 29.4 Å². The van der Waals surface area contributed by atoms with Crippen LogP contribution in [0.1, 0.15) is 78.3 Å². The van der Waals surface area contributed by atoms with Gasteiger partial charge in [0, 0.05) is 11.9 Å². The number of carbonyl (C=O) groups is 2. The van der Waals surface area contributed by atoms with Crippen LogP contribution in [0.25, 0.3) is 0 Å². The molecule has 1 aliphatic heterocycles. The van der Waals surface area contributed by atoms with Crippen molar-refractivity contribution < 1.29 is 9.59 Å². The van der Waals surface area contributed by atoms with Gasteiger partial charge in [0.2, 0.25) is 0 Å². The van der Waals surface area contributed by atoms with Crippen LogP contribution in [0.15, 0.2) is 34.6 Å². The van der Waals surface area contributed by atoms with Crippen molar-refractivity contribution in [2.24, 2.45) is 4.99 Å². The van der Waals surface area contributed by atoms with E-state index in [0.29, 0.717) is 23.7 Å². The van der Waals surface area contributed by atoms with Crippen molar-refractivity contribution in [3.63, 3.8) is 0 Å². The number of imide groups is 1. The first kappa shape index (κ1) is 19.1. The molecule has 28 heavy (non-hydrogen) atoms. The number of thiazole rings is 1. The van der Waals surface area contributed by atoms with Crippen LogP contribution in [0.3, 0.4) is 0 Å². The molecule has 0 saturated heterocycles. The fourth-order valence-electron chi connectivity index (χ4n) is 4.14. The molecule has 6 heteroatoms. The lowest BCUT2D eigenvalue weighted by molar-refractivity contribution is 0.0638. The number of amides is 2. The Morgan fingerprint density at radius 3 is 2.29 bits per heavy atom. The molecular weight excluding hydrogens is 370 g/mol. The molecule has 2 heterocycles. The Labute approximate surface area is 169 Å². The van der Waals surface area contributed by atoms with E-state index in [2.05, 4.69) is 16.9 Å². The highest BCUT2D eigenvalue weighted by molar-refractivity contribution is 7.07. The molecular formula is C22H27N3O2S. The SMILES string of the molecule is CCCn1c(CN2C(=O)c3ccccc3C2=O)csc1=NC1CCCCCC1. The predicted octanol–water partition coefficient (Wildman–Crippen LogP) is 4.38. The fraction of sp³-hybridized carbons (Fsp3) is 0.500. The normalized spacial score (nSPS) is 18.6. The van der Waals surface area contributed by atoms with E-state index in [1.54, 1.807) is 35.6 Å². The van der Waals surface area contributed by atoms with E-state index in [1.807, 2.05) is 0 Å². The monoisotopic (exact) mass is 397 g/mol. The summed E-state index contributed by atoms with van der Waals surface area (Å²) in [6.07, 6.45) is 8.47. The first-order valence-corrected chi connectivity index (χ1v) is 11.2. The van der Waals surface area contributed by atoms with Crippen LogP contribution in [0.2, 0.25) is 0 Å². The van der Waals surface area contributed by atoms with Crippen molar-refractivity contribution >= 4 is 23.2 Å². The van der Waals surface area contributed by atoms with Gasteiger partial charge in [-0.2, -0.15) is 0 Å². The number of carbonyl (C=O) groups excluding carboxylic acids is 2. The van der Waals surface area contributed by atoms with E-state index < -0.39 is 0 Å². The van der Waals surface area contributed by atoms with Crippen molar-refractivity contribution in [1.82, 2.24) is 9.47 Å². The Kier molecular flexibility index (Phi) is 5.76. The predicted molar refractivity (Wildman–Crippen MR) is 110 cm³/mol. The van der Waals surface area contributed by atoms with Gasteiger partial charge < -0.3 is 4.57 Å². The molecule has 0 radical (unpaired) electrons. The highest BCUT2D eigenvalue weighted by Gasteiger charge is 2.35. The Hall–Kier alpha value is -2.21. The van der Waals surface area contributed by atoms with Gasteiger partial charge in [-0.1, -0.05) is 44.7 Å². The van der Waals surface area contributed by atoms with Crippen molar-refractivity contribution in [2.45, 2.75) is 71.0 Å². The topological polar surface area (TPSA) is 54.7 Å². The lowest BCUT2D eigenvalue weighted by Crippen LogP contribution is -2.31. The van der Waals surface area contributed by atoms with E-state index in [0.717, 1.165) is 36.3 Å². The highest BCUT2D eigenvalue weighted by Crippen LogP contribution is 2.25. The number of hydrogen-bond donors (Lipinski definition) is 0. The first-order chi connectivity index (χ1) is 13.7. The maximum Gasteiger partial charge on any atom is 0.261 e.